The molecule has 0 saturated carbocycles. The Hall–Kier alpha value is -3.68. The maximum absolute atomic E-state index is 13.5. The second kappa shape index (κ2) is 7.98. The Balaban J connectivity index is 2.25. The van der Waals surface area contributed by atoms with Gasteiger partial charge in [0, 0.05) is 11.8 Å². The number of nitrogens with two attached hydrogens (primary N) is 1. The SMILES string of the molecule is Cc1cncc(N(C(=O)c2cccc(C(F)(F)F)c2C)c2ccccc2C(N)=O)c1. The molecule has 2 N–H and O–H groups in total. The zero-order valence-electron chi connectivity index (χ0n) is 16.2. The summed E-state index contributed by atoms with van der Waals surface area (Å²) in [6.45, 7) is 3.00. The van der Waals surface area contributed by atoms with Gasteiger partial charge in [0.2, 0.25) is 0 Å². The van der Waals surface area contributed by atoms with Crippen molar-refractivity contribution in [3.63, 3.8) is 0 Å². The summed E-state index contributed by atoms with van der Waals surface area (Å²) in [5.41, 5.74) is 5.43. The van der Waals surface area contributed by atoms with Crippen LogP contribution in [-0.2, 0) is 6.18 Å². The van der Waals surface area contributed by atoms with E-state index in [-0.39, 0.29) is 22.4 Å². The van der Waals surface area contributed by atoms with Crippen LogP contribution in [0.4, 0.5) is 24.5 Å². The summed E-state index contributed by atoms with van der Waals surface area (Å²) in [7, 11) is 0. The highest BCUT2D eigenvalue weighted by Gasteiger charge is 2.35. The number of anilines is 2. The standard InChI is InChI=1S/C22H18F3N3O2/c1-13-10-15(12-27-11-13)28(19-9-4-3-6-17(19)20(26)29)21(30)16-7-5-8-18(14(16)2)22(23,24)25/h3-12H,1-2H3,(H2,26,29). The van der Waals surface area contributed by atoms with Crippen molar-refractivity contribution in [1.82, 2.24) is 4.98 Å². The molecule has 8 heteroatoms. The number of aromatic nitrogens is 1. The lowest BCUT2D eigenvalue weighted by Crippen LogP contribution is -2.30. The monoisotopic (exact) mass is 413 g/mol. The minimum Gasteiger partial charge on any atom is -0.366 e. The normalized spacial score (nSPS) is 11.2. The van der Waals surface area contributed by atoms with Gasteiger partial charge >= 0.3 is 6.18 Å². The van der Waals surface area contributed by atoms with Gasteiger partial charge in [-0.15, -0.1) is 0 Å². The van der Waals surface area contributed by atoms with E-state index >= 15 is 0 Å². The predicted molar refractivity (Wildman–Crippen MR) is 107 cm³/mol. The lowest BCUT2D eigenvalue weighted by atomic mass is 10.00. The Kier molecular flexibility index (Phi) is 5.60. The molecule has 0 aliphatic carbocycles. The highest BCUT2D eigenvalue weighted by atomic mass is 19.4. The predicted octanol–water partition coefficient (Wildman–Crippen LogP) is 4.79. The molecule has 0 aliphatic rings. The van der Waals surface area contributed by atoms with E-state index in [1.807, 2.05) is 0 Å². The Bertz CT molecular complexity index is 1130. The first-order chi connectivity index (χ1) is 14.1. The Labute approximate surface area is 171 Å². The van der Waals surface area contributed by atoms with E-state index in [0.717, 1.165) is 16.5 Å². The molecule has 1 heterocycles. The summed E-state index contributed by atoms with van der Waals surface area (Å²) in [5, 5.41) is 0. The number of alkyl halides is 3. The summed E-state index contributed by atoms with van der Waals surface area (Å²) in [6.07, 6.45) is -1.64. The molecule has 0 saturated heterocycles. The van der Waals surface area contributed by atoms with Crippen LogP contribution in [0, 0.1) is 13.8 Å². The fraction of sp³-hybridized carbons (Fsp3) is 0.136. The van der Waals surface area contributed by atoms with E-state index in [1.165, 1.54) is 37.4 Å². The van der Waals surface area contributed by atoms with Crippen LogP contribution in [0.3, 0.4) is 0 Å². The fourth-order valence-corrected chi connectivity index (χ4v) is 3.20. The second-order valence-corrected chi connectivity index (χ2v) is 6.72. The quantitative estimate of drug-likeness (QED) is 0.668. The fourth-order valence-electron chi connectivity index (χ4n) is 3.20. The minimum absolute atomic E-state index is 0.0528. The molecule has 0 fully saturated rings. The van der Waals surface area contributed by atoms with E-state index in [9.17, 15) is 22.8 Å². The Morgan fingerprint density at radius 2 is 1.63 bits per heavy atom. The first kappa shape index (κ1) is 21.0. The van der Waals surface area contributed by atoms with Gasteiger partial charge in [0.1, 0.15) is 0 Å². The Morgan fingerprint density at radius 1 is 0.967 bits per heavy atom. The third-order valence-electron chi connectivity index (χ3n) is 4.60. The van der Waals surface area contributed by atoms with Crippen molar-refractivity contribution in [2.75, 3.05) is 4.90 Å². The molecule has 1 aromatic heterocycles. The number of benzene rings is 2. The van der Waals surface area contributed by atoms with Crippen molar-refractivity contribution < 1.29 is 22.8 Å². The molecular weight excluding hydrogens is 395 g/mol. The van der Waals surface area contributed by atoms with Crippen LogP contribution in [0.2, 0.25) is 0 Å². The van der Waals surface area contributed by atoms with Crippen LogP contribution in [0.25, 0.3) is 0 Å². The minimum atomic E-state index is -4.61. The zero-order chi connectivity index (χ0) is 22.1. The third kappa shape index (κ3) is 4.03. The van der Waals surface area contributed by atoms with E-state index in [4.69, 9.17) is 5.73 Å². The van der Waals surface area contributed by atoms with Gasteiger partial charge in [-0.25, -0.2) is 0 Å². The molecule has 0 atom stereocenters. The number of para-hydroxylation sites is 1. The average Bonchev–Trinajstić information content (AvgIpc) is 2.67. The summed E-state index contributed by atoms with van der Waals surface area (Å²) in [5.74, 6) is -1.51. The van der Waals surface area contributed by atoms with Crippen molar-refractivity contribution in [2.24, 2.45) is 5.73 Å². The van der Waals surface area contributed by atoms with Gasteiger partial charge in [-0.2, -0.15) is 13.2 Å². The van der Waals surface area contributed by atoms with Crippen LogP contribution in [0.5, 0.6) is 0 Å². The summed E-state index contributed by atoms with van der Waals surface area (Å²) in [4.78, 5) is 30.7. The number of carbonyl (C=O) groups excluding carboxylic acids is 2. The molecule has 0 bridgehead atoms. The molecular formula is C22H18F3N3O2. The number of carbonyl (C=O) groups is 2. The van der Waals surface area contributed by atoms with Crippen LogP contribution in [-0.4, -0.2) is 16.8 Å². The van der Waals surface area contributed by atoms with Gasteiger partial charge in [0.25, 0.3) is 11.8 Å². The second-order valence-electron chi connectivity index (χ2n) is 6.72. The smallest absolute Gasteiger partial charge is 0.366 e. The van der Waals surface area contributed by atoms with Crippen LogP contribution < -0.4 is 10.6 Å². The molecule has 5 nitrogen and oxygen atoms in total. The number of amides is 2. The molecule has 30 heavy (non-hydrogen) atoms. The molecule has 0 spiro atoms. The van der Waals surface area contributed by atoms with Crippen LogP contribution >= 0.6 is 0 Å². The topological polar surface area (TPSA) is 76.3 Å². The maximum atomic E-state index is 13.5. The van der Waals surface area contributed by atoms with Gasteiger partial charge in [-0.05, 0) is 55.3 Å². The number of halogens is 3. The maximum Gasteiger partial charge on any atom is 0.416 e. The first-order valence-electron chi connectivity index (χ1n) is 8.93. The van der Waals surface area contributed by atoms with Crippen molar-refractivity contribution in [1.29, 1.82) is 0 Å². The molecule has 0 radical (unpaired) electrons. The van der Waals surface area contributed by atoms with Gasteiger partial charge in [0.15, 0.2) is 0 Å². The number of hydrogen-bond donors (Lipinski definition) is 1. The zero-order valence-corrected chi connectivity index (χ0v) is 16.2. The van der Waals surface area contributed by atoms with Crippen LogP contribution in [0.15, 0.2) is 60.9 Å². The average molecular weight is 413 g/mol. The van der Waals surface area contributed by atoms with E-state index in [2.05, 4.69) is 4.98 Å². The lowest BCUT2D eigenvalue weighted by Gasteiger charge is -2.26. The van der Waals surface area contributed by atoms with Gasteiger partial charge < -0.3 is 5.73 Å². The molecule has 3 rings (SSSR count). The highest BCUT2D eigenvalue weighted by Crippen LogP contribution is 2.35. The number of hydrogen-bond acceptors (Lipinski definition) is 3. The number of rotatable bonds is 4. The number of nitrogens with zero attached hydrogens (tertiary/aromatic N) is 2. The molecule has 0 unspecified atom stereocenters. The Morgan fingerprint density at radius 3 is 2.27 bits per heavy atom. The number of primary amides is 1. The van der Waals surface area contributed by atoms with Crippen molar-refractivity contribution in [3.05, 3.63) is 88.7 Å². The van der Waals surface area contributed by atoms with Gasteiger partial charge in [0.05, 0.1) is 28.7 Å². The molecule has 2 aromatic carbocycles. The summed E-state index contributed by atoms with van der Waals surface area (Å²) < 4.78 is 40.1. The first-order valence-corrected chi connectivity index (χ1v) is 8.93. The highest BCUT2D eigenvalue weighted by molar-refractivity contribution is 6.14. The summed E-state index contributed by atoms with van der Waals surface area (Å²) in [6, 6.07) is 11.2. The lowest BCUT2D eigenvalue weighted by molar-refractivity contribution is -0.138. The van der Waals surface area contributed by atoms with Crippen LogP contribution in [0.1, 0.15) is 37.4 Å². The summed E-state index contributed by atoms with van der Waals surface area (Å²) >= 11 is 0. The van der Waals surface area contributed by atoms with Crippen molar-refractivity contribution in [3.8, 4) is 0 Å². The molecule has 154 valence electrons. The molecule has 3 aromatic rings. The third-order valence-corrected chi connectivity index (χ3v) is 4.60. The number of aryl methyl sites for hydroxylation is 1. The van der Waals surface area contributed by atoms with Gasteiger partial charge in [-0.1, -0.05) is 18.2 Å². The van der Waals surface area contributed by atoms with E-state index in [1.54, 1.807) is 31.3 Å². The van der Waals surface area contributed by atoms with E-state index in [0.29, 0.717) is 5.69 Å². The van der Waals surface area contributed by atoms with E-state index < -0.39 is 23.6 Å². The van der Waals surface area contributed by atoms with Gasteiger partial charge in [-0.3, -0.25) is 19.5 Å². The van der Waals surface area contributed by atoms with Crippen molar-refractivity contribution in [2.45, 2.75) is 20.0 Å². The molecule has 2 amide bonds. The molecule has 0 aliphatic heterocycles. The number of pyridine rings is 1. The van der Waals surface area contributed by atoms with Crippen molar-refractivity contribution >= 4 is 23.2 Å². The largest absolute Gasteiger partial charge is 0.416 e.